The maximum atomic E-state index is 13.7. The van der Waals surface area contributed by atoms with Crippen molar-refractivity contribution in [2.75, 3.05) is 0 Å². The van der Waals surface area contributed by atoms with Crippen LogP contribution in [0.25, 0.3) is 0 Å². The van der Waals surface area contributed by atoms with Gasteiger partial charge in [0, 0.05) is 18.2 Å². The predicted molar refractivity (Wildman–Crippen MR) is 102 cm³/mol. The van der Waals surface area contributed by atoms with Gasteiger partial charge in [-0.15, -0.1) is 0 Å². The van der Waals surface area contributed by atoms with Crippen LogP contribution in [0.3, 0.4) is 0 Å². The minimum Gasteiger partial charge on any atom is -0.361 e. The van der Waals surface area contributed by atoms with Crippen molar-refractivity contribution in [3.63, 3.8) is 0 Å². The lowest BCUT2D eigenvalue weighted by Crippen LogP contribution is -2.47. The molecule has 0 fully saturated rings. The van der Waals surface area contributed by atoms with Crippen LogP contribution in [0.15, 0.2) is 16.8 Å². The van der Waals surface area contributed by atoms with Gasteiger partial charge in [-0.05, 0) is 60.1 Å². The second-order valence-corrected chi connectivity index (χ2v) is 9.91. The van der Waals surface area contributed by atoms with Gasteiger partial charge in [-0.25, -0.2) is 13.9 Å². The Bertz CT molecular complexity index is 869. The summed E-state index contributed by atoms with van der Waals surface area (Å²) in [5.74, 6) is -0.338. The summed E-state index contributed by atoms with van der Waals surface area (Å²) in [5.41, 5.74) is 0.837. The molecule has 0 radical (unpaired) electrons. The molecular formula is C19H26FN3O3S. The predicted octanol–water partition coefficient (Wildman–Crippen LogP) is 3.67. The van der Waals surface area contributed by atoms with E-state index in [2.05, 4.69) is 14.9 Å². The zero-order valence-electron chi connectivity index (χ0n) is 16.8. The van der Waals surface area contributed by atoms with Crippen LogP contribution in [0.2, 0.25) is 0 Å². The number of nitrogens with zero attached hydrogens (tertiary/aromatic N) is 2. The summed E-state index contributed by atoms with van der Waals surface area (Å²) in [6, 6.07) is 1.62. The topological polar surface area (TPSA) is 85.1 Å². The van der Waals surface area contributed by atoms with Crippen LogP contribution in [0.1, 0.15) is 67.1 Å². The average molecular weight is 396 g/mol. The number of carbonyl (C=O) groups excluding carboxylic acids is 1. The van der Waals surface area contributed by atoms with Gasteiger partial charge in [-0.1, -0.05) is 5.16 Å². The number of ketones is 1. The molecule has 8 heteroatoms. The summed E-state index contributed by atoms with van der Waals surface area (Å²) in [7, 11) is -1.46. The fourth-order valence-electron chi connectivity index (χ4n) is 2.71. The number of Topliss-reactive ketones (excluding diaryl/α,β-unsaturated/α-hetero) is 1. The van der Waals surface area contributed by atoms with Gasteiger partial charge < -0.3 is 4.52 Å². The normalized spacial score (nSPS) is 15.4. The minimum absolute atomic E-state index is 0.00946. The van der Waals surface area contributed by atoms with E-state index in [0.29, 0.717) is 28.1 Å². The minimum atomic E-state index is -1.46. The molecule has 1 unspecified atom stereocenters. The van der Waals surface area contributed by atoms with Crippen LogP contribution in [0.4, 0.5) is 4.39 Å². The monoisotopic (exact) mass is 395 g/mol. The van der Waals surface area contributed by atoms with Gasteiger partial charge in [-0.3, -0.25) is 4.79 Å². The molecule has 0 spiro atoms. The van der Waals surface area contributed by atoms with E-state index in [1.54, 1.807) is 33.8 Å². The molecule has 0 aliphatic carbocycles. The zero-order valence-corrected chi connectivity index (χ0v) is 17.6. The van der Waals surface area contributed by atoms with Gasteiger partial charge in [0.1, 0.15) is 5.76 Å². The number of aryl methyl sites for hydroxylation is 3. The summed E-state index contributed by atoms with van der Waals surface area (Å²) in [6.07, 6.45) is 1.36. The van der Waals surface area contributed by atoms with E-state index in [-0.39, 0.29) is 12.2 Å². The number of hydrogen-bond donors (Lipinski definition) is 1. The Morgan fingerprint density at radius 1 is 1.26 bits per heavy atom. The molecule has 148 valence electrons. The largest absolute Gasteiger partial charge is 0.361 e. The molecule has 27 heavy (non-hydrogen) atoms. The smallest absolute Gasteiger partial charge is 0.215 e. The molecule has 2 rings (SSSR count). The maximum absolute atomic E-state index is 13.7. The number of nitrogens with one attached hydrogen (secondary N) is 1. The molecule has 1 N–H and O–H groups in total. The molecule has 0 aliphatic heterocycles. The van der Waals surface area contributed by atoms with E-state index in [9.17, 15) is 13.4 Å². The van der Waals surface area contributed by atoms with E-state index in [1.165, 1.54) is 6.20 Å². The van der Waals surface area contributed by atoms with Crippen molar-refractivity contribution in [2.45, 2.75) is 65.2 Å². The molecule has 6 nitrogen and oxygen atoms in total. The van der Waals surface area contributed by atoms with Gasteiger partial charge in [0.15, 0.2) is 5.78 Å². The molecule has 0 aromatic carbocycles. The molecule has 0 amide bonds. The lowest BCUT2D eigenvalue weighted by Gasteiger charge is -2.33. The van der Waals surface area contributed by atoms with Crippen molar-refractivity contribution in [1.29, 1.82) is 0 Å². The molecule has 2 aromatic rings. The van der Waals surface area contributed by atoms with E-state index in [1.807, 2.05) is 20.8 Å². The Balaban J connectivity index is 2.47. The summed E-state index contributed by atoms with van der Waals surface area (Å²) in [4.78, 5) is 16.8. The van der Waals surface area contributed by atoms with Gasteiger partial charge in [0.05, 0.1) is 32.5 Å². The first kappa shape index (κ1) is 21.4. The quantitative estimate of drug-likeness (QED) is 0.596. The third-order valence-corrected chi connectivity index (χ3v) is 6.10. The first-order valence-corrected chi connectivity index (χ1v) is 9.78. The van der Waals surface area contributed by atoms with Crippen molar-refractivity contribution < 1.29 is 17.9 Å². The summed E-state index contributed by atoms with van der Waals surface area (Å²) in [6.45, 7) is 12.2. The van der Waals surface area contributed by atoms with E-state index in [0.717, 1.165) is 0 Å². The highest BCUT2D eigenvalue weighted by molar-refractivity contribution is 7.84. The van der Waals surface area contributed by atoms with Crippen LogP contribution in [0, 0.1) is 26.7 Å². The van der Waals surface area contributed by atoms with Crippen molar-refractivity contribution in [1.82, 2.24) is 14.9 Å². The van der Waals surface area contributed by atoms with E-state index in [4.69, 9.17) is 4.52 Å². The molecule has 0 aliphatic rings. The summed E-state index contributed by atoms with van der Waals surface area (Å²) < 4.78 is 34.0. The van der Waals surface area contributed by atoms with Gasteiger partial charge in [0.2, 0.25) is 5.95 Å². The van der Waals surface area contributed by atoms with Crippen molar-refractivity contribution in [3.05, 3.63) is 46.4 Å². The molecule has 2 heterocycles. The first-order valence-electron chi connectivity index (χ1n) is 8.63. The Morgan fingerprint density at radius 2 is 1.89 bits per heavy atom. The first-order chi connectivity index (χ1) is 12.3. The molecule has 0 saturated carbocycles. The van der Waals surface area contributed by atoms with E-state index < -0.39 is 27.2 Å². The standard InChI is InChI=1S/C19H26FN3O3S/c1-11-8-14(10-21-17(11)20)19(7,23-27(25)18(4,5)6)9-15(24)16-12(2)22-26-13(16)3/h8,10,23H,9H2,1-7H3/t19-,27?/m0/s1. The van der Waals surface area contributed by atoms with Crippen molar-refractivity contribution in [2.24, 2.45) is 0 Å². The fraction of sp³-hybridized carbons (Fsp3) is 0.526. The highest BCUT2D eigenvalue weighted by Gasteiger charge is 2.36. The zero-order chi connectivity index (χ0) is 20.6. The second kappa shape index (κ2) is 7.59. The van der Waals surface area contributed by atoms with Crippen LogP contribution < -0.4 is 4.72 Å². The molecule has 0 saturated heterocycles. The highest BCUT2D eigenvalue weighted by Crippen LogP contribution is 2.30. The van der Waals surface area contributed by atoms with Crippen LogP contribution in [-0.2, 0) is 16.5 Å². The van der Waals surface area contributed by atoms with Gasteiger partial charge in [0.25, 0.3) is 0 Å². The third-order valence-electron chi connectivity index (χ3n) is 4.35. The van der Waals surface area contributed by atoms with Crippen LogP contribution in [0.5, 0.6) is 0 Å². The third kappa shape index (κ3) is 4.68. The average Bonchev–Trinajstić information content (AvgIpc) is 2.87. The van der Waals surface area contributed by atoms with Crippen LogP contribution >= 0.6 is 0 Å². The number of carbonyl (C=O) groups is 1. The Hall–Kier alpha value is -1.93. The number of halogens is 1. The molecule has 2 aromatic heterocycles. The lowest BCUT2D eigenvalue weighted by molar-refractivity contribution is 0.0948. The summed E-state index contributed by atoms with van der Waals surface area (Å²) >= 11 is 0. The highest BCUT2D eigenvalue weighted by atomic mass is 32.2. The van der Waals surface area contributed by atoms with Crippen LogP contribution in [-0.4, -0.2) is 24.9 Å². The molecular weight excluding hydrogens is 369 g/mol. The molecule has 0 bridgehead atoms. The van der Waals surface area contributed by atoms with Crippen molar-refractivity contribution >= 4 is 16.8 Å². The number of pyridine rings is 1. The van der Waals surface area contributed by atoms with Gasteiger partial charge >= 0.3 is 0 Å². The Morgan fingerprint density at radius 3 is 2.37 bits per heavy atom. The Labute approximate surface area is 161 Å². The molecule has 2 atom stereocenters. The fourth-order valence-corrected chi connectivity index (χ4v) is 3.61. The second-order valence-electron chi connectivity index (χ2n) is 7.95. The number of rotatable bonds is 6. The summed E-state index contributed by atoms with van der Waals surface area (Å²) in [5, 5.41) is 3.83. The number of hydrogen-bond acceptors (Lipinski definition) is 5. The maximum Gasteiger partial charge on any atom is 0.215 e. The van der Waals surface area contributed by atoms with E-state index >= 15 is 0 Å². The number of aromatic nitrogens is 2. The SMILES string of the molecule is Cc1cc([C@](C)(CC(=O)c2c(C)noc2C)NS(=O)C(C)(C)C)cnc1F. The Kier molecular flexibility index (Phi) is 6.01. The van der Waals surface area contributed by atoms with Crippen molar-refractivity contribution in [3.8, 4) is 0 Å². The van der Waals surface area contributed by atoms with Gasteiger partial charge in [-0.2, -0.15) is 4.39 Å². The lowest BCUT2D eigenvalue weighted by atomic mass is 9.86.